The first kappa shape index (κ1) is 32.2. The highest BCUT2D eigenvalue weighted by molar-refractivity contribution is 7.92. The van der Waals surface area contributed by atoms with Crippen LogP contribution in [-0.2, 0) is 32.6 Å². The molecule has 0 heterocycles. The molecule has 0 saturated carbocycles. The first-order valence-corrected chi connectivity index (χ1v) is 15.7. The zero-order valence-corrected chi connectivity index (χ0v) is 25.8. The smallest absolute Gasteiger partial charge is 0.244 e. The van der Waals surface area contributed by atoms with Crippen molar-refractivity contribution >= 4 is 50.7 Å². The summed E-state index contributed by atoms with van der Waals surface area (Å²) in [6, 6.07) is 19.7. The topological polar surface area (TPSA) is 96.0 Å². The van der Waals surface area contributed by atoms with Crippen molar-refractivity contribution in [2.24, 2.45) is 5.92 Å². The van der Waals surface area contributed by atoms with E-state index in [0.29, 0.717) is 33.6 Å². The van der Waals surface area contributed by atoms with Crippen LogP contribution in [0.15, 0.2) is 72.8 Å². The highest BCUT2D eigenvalue weighted by Gasteiger charge is 2.33. The van der Waals surface area contributed by atoms with Crippen molar-refractivity contribution in [2.45, 2.75) is 32.9 Å². The van der Waals surface area contributed by atoms with Crippen LogP contribution < -0.4 is 14.4 Å². The number of methoxy groups -OCH3 is 1. The SMILES string of the molecule is COc1ccc(N(CC(=O)N(Cc2ccc(Cl)c(Cl)c2)[C@H](Cc2ccccc2)C(=O)NCC(C)C)S(C)(=O)=O)cc1. The molecule has 8 nitrogen and oxygen atoms in total. The van der Waals surface area contributed by atoms with Gasteiger partial charge in [0.05, 0.1) is 29.1 Å². The van der Waals surface area contributed by atoms with E-state index in [1.165, 1.54) is 12.0 Å². The number of ether oxygens (including phenoxy) is 1. The van der Waals surface area contributed by atoms with Crippen molar-refractivity contribution in [3.05, 3.63) is 94.0 Å². The molecule has 11 heteroatoms. The Morgan fingerprint density at radius 1 is 0.927 bits per heavy atom. The number of nitrogens with one attached hydrogen (secondary N) is 1. The summed E-state index contributed by atoms with van der Waals surface area (Å²) < 4.78 is 31.9. The molecule has 3 aromatic carbocycles. The number of amides is 2. The highest BCUT2D eigenvalue weighted by Crippen LogP contribution is 2.26. The summed E-state index contributed by atoms with van der Waals surface area (Å²) in [7, 11) is -2.37. The molecule has 0 bridgehead atoms. The van der Waals surface area contributed by atoms with E-state index in [0.717, 1.165) is 16.1 Å². The second-order valence-corrected chi connectivity index (χ2v) is 12.8. The Hall–Kier alpha value is -3.27. The molecular formula is C30H35Cl2N3O5S. The van der Waals surface area contributed by atoms with Gasteiger partial charge < -0.3 is 15.0 Å². The van der Waals surface area contributed by atoms with Gasteiger partial charge in [-0.05, 0) is 53.4 Å². The molecule has 41 heavy (non-hydrogen) atoms. The number of hydrogen-bond donors (Lipinski definition) is 1. The summed E-state index contributed by atoms with van der Waals surface area (Å²) in [5.74, 6) is -0.171. The number of hydrogen-bond acceptors (Lipinski definition) is 5. The van der Waals surface area contributed by atoms with Crippen LogP contribution in [0.4, 0.5) is 5.69 Å². The molecule has 0 aliphatic rings. The Labute approximate surface area is 252 Å². The molecule has 0 radical (unpaired) electrons. The first-order valence-electron chi connectivity index (χ1n) is 13.1. The Morgan fingerprint density at radius 3 is 2.15 bits per heavy atom. The Bertz CT molecular complexity index is 1430. The number of benzene rings is 3. The second kappa shape index (κ2) is 14.6. The lowest BCUT2D eigenvalue weighted by Gasteiger charge is -2.33. The van der Waals surface area contributed by atoms with Gasteiger partial charge in [0.2, 0.25) is 21.8 Å². The van der Waals surface area contributed by atoms with Gasteiger partial charge in [-0.15, -0.1) is 0 Å². The Morgan fingerprint density at radius 2 is 1.59 bits per heavy atom. The third kappa shape index (κ3) is 9.38. The van der Waals surface area contributed by atoms with Gasteiger partial charge in [-0.1, -0.05) is 73.4 Å². The fourth-order valence-electron chi connectivity index (χ4n) is 4.17. The van der Waals surface area contributed by atoms with E-state index in [2.05, 4.69) is 5.32 Å². The lowest BCUT2D eigenvalue weighted by molar-refractivity contribution is -0.140. The van der Waals surface area contributed by atoms with Gasteiger partial charge in [0, 0.05) is 19.5 Å². The van der Waals surface area contributed by atoms with Crippen LogP contribution in [0.3, 0.4) is 0 Å². The van der Waals surface area contributed by atoms with Crippen LogP contribution in [0.1, 0.15) is 25.0 Å². The van der Waals surface area contributed by atoms with Crippen LogP contribution in [0.2, 0.25) is 10.0 Å². The summed E-state index contributed by atoms with van der Waals surface area (Å²) in [4.78, 5) is 29.1. The highest BCUT2D eigenvalue weighted by atomic mass is 35.5. The first-order chi connectivity index (χ1) is 19.4. The summed E-state index contributed by atoms with van der Waals surface area (Å²) in [5, 5.41) is 3.60. The lowest BCUT2D eigenvalue weighted by atomic mass is 10.0. The van der Waals surface area contributed by atoms with E-state index in [1.807, 2.05) is 44.2 Å². The average Bonchev–Trinajstić information content (AvgIpc) is 2.94. The van der Waals surface area contributed by atoms with E-state index < -0.39 is 28.5 Å². The largest absolute Gasteiger partial charge is 0.497 e. The van der Waals surface area contributed by atoms with Gasteiger partial charge >= 0.3 is 0 Å². The Balaban J connectivity index is 2.05. The van der Waals surface area contributed by atoms with Gasteiger partial charge in [0.1, 0.15) is 18.3 Å². The van der Waals surface area contributed by atoms with Gasteiger partial charge in [-0.3, -0.25) is 13.9 Å². The zero-order chi connectivity index (χ0) is 30.2. The molecule has 0 spiro atoms. The molecular weight excluding hydrogens is 585 g/mol. The molecule has 0 unspecified atom stereocenters. The van der Waals surface area contributed by atoms with Crippen LogP contribution in [0, 0.1) is 5.92 Å². The molecule has 220 valence electrons. The van der Waals surface area contributed by atoms with Crippen molar-refractivity contribution in [1.82, 2.24) is 10.2 Å². The minimum Gasteiger partial charge on any atom is -0.497 e. The minimum atomic E-state index is -3.87. The summed E-state index contributed by atoms with van der Waals surface area (Å²) in [5.41, 5.74) is 1.78. The summed E-state index contributed by atoms with van der Waals surface area (Å²) >= 11 is 12.4. The molecule has 3 aromatic rings. The summed E-state index contributed by atoms with van der Waals surface area (Å²) in [6.07, 6.45) is 1.25. The predicted molar refractivity (Wildman–Crippen MR) is 164 cm³/mol. The Kier molecular flexibility index (Phi) is 11.5. The number of halogens is 2. The van der Waals surface area contributed by atoms with E-state index >= 15 is 0 Å². The van der Waals surface area contributed by atoms with Crippen LogP contribution in [0.5, 0.6) is 5.75 Å². The van der Waals surface area contributed by atoms with Crippen molar-refractivity contribution in [3.63, 3.8) is 0 Å². The van der Waals surface area contributed by atoms with Crippen LogP contribution in [-0.4, -0.2) is 57.6 Å². The fraction of sp³-hybridized carbons (Fsp3) is 0.333. The number of nitrogens with zero attached hydrogens (tertiary/aromatic N) is 2. The molecule has 3 rings (SSSR count). The van der Waals surface area contributed by atoms with Gasteiger partial charge in [0.25, 0.3) is 0 Å². The maximum atomic E-state index is 14.1. The van der Waals surface area contributed by atoms with E-state index in [1.54, 1.807) is 42.5 Å². The fourth-order valence-corrected chi connectivity index (χ4v) is 5.34. The van der Waals surface area contributed by atoms with Crippen molar-refractivity contribution in [2.75, 3.05) is 30.8 Å². The molecule has 0 fully saturated rings. The van der Waals surface area contributed by atoms with Crippen molar-refractivity contribution in [1.29, 1.82) is 0 Å². The van der Waals surface area contributed by atoms with Gasteiger partial charge in [-0.2, -0.15) is 0 Å². The molecule has 0 saturated heterocycles. The van der Waals surface area contributed by atoms with E-state index in [-0.39, 0.29) is 24.8 Å². The standard InChI is InChI=1S/C30H35Cl2N3O5S/c1-21(2)18-33-30(37)28(17-22-8-6-5-7-9-22)34(19-23-10-15-26(31)27(32)16-23)29(36)20-35(41(4,38)39)24-11-13-25(40-3)14-12-24/h5-16,21,28H,17-20H2,1-4H3,(H,33,37)/t28-/m1/s1. The van der Waals surface area contributed by atoms with Crippen molar-refractivity contribution in [3.8, 4) is 5.75 Å². The molecule has 0 aliphatic heterocycles. The molecule has 2 amide bonds. The van der Waals surface area contributed by atoms with E-state index in [4.69, 9.17) is 27.9 Å². The monoisotopic (exact) mass is 619 g/mol. The van der Waals surface area contributed by atoms with E-state index in [9.17, 15) is 18.0 Å². The molecule has 1 atom stereocenters. The second-order valence-electron chi connectivity index (χ2n) is 10.1. The van der Waals surface area contributed by atoms with Crippen LogP contribution in [0.25, 0.3) is 0 Å². The number of sulfonamides is 1. The third-order valence-electron chi connectivity index (χ3n) is 6.33. The van der Waals surface area contributed by atoms with Gasteiger partial charge in [-0.25, -0.2) is 8.42 Å². The minimum absolute atomic E-state index is 0.00252. The molecule has 0 aromatic heterocycles. The third-order valence-corrected chi connectivity index (χ3v) is 8.21. The van der Waals surface area contributed by atoms with Crippen LogP contribution >= 0.6 is 23.2 Å². The number of carbonyl (C=O) groups excluding carboxylic acids is 2. The number of rotatable bonds is 13. The maximum absolute atomic E-state index is 14.1. The quantitative estimate of drug-likeness (QED) is 0.284. The summed E-state index contributed by atoms with van der Waals surface area (Å²) in [6.45, 7) is 3.85. The van der Waals surface area contributed by atoms with Crippen molar-refractivity contribution < 1.29 is 22.7 Å². The average molecular weight is 621 g/mol. The molecule has 1 N–H and O–H groups in total. The number of anilines is 1. The zero-order valence-electron chi connectivity index (χ0n) is 23.5. The lowest BCUT2D eigenvalue weighted by Crippen LogP contribution is -2.53. The normalized spacial score (nSPS) is 12.1. The maximum Gasteiger partial charge on any atom is 0.244 e. The predicted octanol–water partition coefficient (Wildman–Crippen LogP) is 5.18. The van der Waals surface area contributed by atoms with Gasteiger partial charge in [0.15, 0.2) is 0 Å². The molecule has 0 aliphatic carbocycles. The number of carbonyl (C=O) groups is 2.